The third-order valence-electron chi connectivity index (χ3n) is 2.86. The van der Waals surface area contributed by atoms with Crippen LogP contribution in [0.1, 0.15) is 18.4 Å². The van der Waals surface area contributed by atoms with Crippen LogP contribution in [0.4, 0.5) is 0 Å². The number of carbonyl (C=O) groups excluding carboxylic acids is 2. The van der Waals surface area contributed by atoms with Crippen molar-refractivity contribution >= 4 is 34.0 Å². The van der Waals surface area contributed by atoms with Crippen molar-refractivity contribution in [3.05, 3.63) is 34.3 Å². The van der Waals surface area contributed by atoms with E-state index in [0.717, 1.165) is 16.5 Å². The van der Waals surface area contributed by atoms with Crippen LogP contribution < -0.4 is 10.7 Å². The Labute approximate surface area is 119 Å². The Morgan fingerprint density at radius 1 is 1.42 bits per heavy atom. The molecule has 19 heavy (non-hydrogen) atoms. The van der Waals surface area contributed by atoms with Crippen molar-refractivity contribution in [2.75, 3.05) is 6.54 Å². The van der Waals surface area contributed by atoms with Gasteiger partial charge in [0.05, 0.1) is 6.21 Å². The summed E-state index contributed by atoms with van der Waals surface area (Å²) in [5.41, 5.74) is 3.28. The van der Waals surface area contributed by atoms with Gasteiger partial charge in [-0.3, -0.25) is 9.59 Å². The summed E-state index contributed by atoms with van der Waals surface area (Å²) in [6.07, 6.45) is 2.94. The summed E-state index contributed by atoms with van der Waals surface area (Å²) in [5, 5.41) is 6.53. The lowest BCUT2D eigenvalue weighted by Crippen LogP contribution is -2.43. The van der Waals surface area contributed by atoms with Crippen molar-refractivity contribution in [1.82, 2.24) is 10.7 Å². The van der Waals surface area contributed by atoms with Gasteiger partial charge in [0, 0.05) is 11.0 Å². The second-order valence-corrected chi connectivity index (χ2v) is 5.19. The molecule has 1 aromatic rings. The van der Waals surface area contributed by atoms with E-state index >= 15 is 0 Å². The van der Waals surface area contributed by atoms with E-state index in [9.17, 15) is 9.59 Å². The highest BCUT2D eigenvalue weighted by Crippen LogP contribution is 2.11. The first-order valence-electron chi connectivity index (χ1n) is 6.03. The number of rotatable bonds is 3. The fraction of sp³-hybridized carbons (Fsp3) is 0.308. The topological polar surface area (TPSA) is 70.6 Å². The molecule has 0 unspecified atom stereocenters. The minimum atomic E-state index is -0.629. The smallest absolute Gasteiger partial charge is 0.252 e. The number of piperidine rings is 1. The number of nitrogens with zero attached hydrogens (tertiary/aromatic N) is 1. The Kier molecular flexibility index (Phi) is 4.68. The van der Waals surface area contributed by atoms with Crippen LogP contribution in [0.5, 0.6) is 0 Å². The van der Waals surface area contributed by atoms with Gasteiger partial charge >= 0.3 is 0 Å². The summed E-state index contributed by atoms with van der Waals surface area (Å²) in [5.74, 6) is -1.20. The molecular weight excluding hydrogens is 310 g/mol. The minimum Gasteiger partial charge on any atom is -0.355 e. The molecule has 0 bridgehead atoms. The van der Waals surface area contributed by atoms with Crippen LogP contribution in [0.2, 0.25) is 0 Å². The number of hydrazone groups is 1. The minimum absolute atomic E-state index is 0.220. The summed E-state index contributed by atoms with van der Waals surface area (Å²) in [6.45, 7) is 0.644. The van der Waals surface area contributed by atoms with Crippen LogP contribution in [0.15, 0.2) is 33.8 Å². The molecule has 6 heteroatoms. The lowest BCUT2D eigenvalue weighted by Gasteiger charge is -2.19. The largest absolute Gasteiger partial charge is 0.355 e. The van der Waals surface area contributed by atoms with Gasteiger partial charge in [0.1, 0.15) is 5.92 Å². The van der Waals surface area contributed by atoms with Gasteiger partial charge in [-0.05, 0) is 30.5 Å². The van der Waals surface area contributed by atoms with Crippen molar-refractivity contribution in [3.8, 4) is 0 Å². The Hall–Kier alpha value is -1.69. The number of amides is 2. The summed E-state index contributed by atoms with van der Waals surface area (Å²) >= 11 is 3.34. The van der Waals surface area contributed by atoms with E-state index in [0.29, 0.717) is 13.0 Å². The summed E-state index contributed by atoms with van der Waals surface area (Å²) in [4.78, 5) is 23.2. The molecule has 1 aliphatic heterocycles. The van der Waals surface area contributed by atoms with Crippen molar-refractivity contribution in [3.63, 3.8) is 0 Å². The summed E-state index contributed by atoms with van der Waals surface area (Å²) in [6, 6.07) is 7.51. The standard InChI is InChI=1S/C13H14BrN3O2/c14-10-5-3-9(4-6-10)8-16-17-13(19)11-2-1-7-15-12(11)18/h3-6,8,11H,1-2,7H2,(H,15,18)(H,17,19)/b16-8-/t11-/m0/s1. The van der Waals surface area contributed by atoms with E-state index in [1.165, 1.54) is 0 Å². The number of nitrogens with one attached hydrogen (secondary N) is 2. The number of benzene rings is 1. The molecule has 1 fully saturated rings. The van der Waals surface area contributed by atoms with Crippen LogP contribution in [0.25, 0.3) is 0 Å². The normalized spacial score (nSPS) is 19.2. The lowest BCUT2D eigenvalue weighted by atomic mass is 9.98. The summed E-state index contributed by atoms with van der Waals surface area (Å²) < 4.78 is 0.979. The van der Waals surface area contributed by atoms with E-state index in [4.69, 9.17) is 0 Å². The molecule has 1 saturated heterocycles. The first kappa shape index (κ1) is 13.7. The predicted octanol–water partition coefficient (Wildman–Crippen LogP) is 1.43. The van der Waals surface area contributed by atoms with Crippen LogP contribution in [0.3, 0.4) is 0 Å². The molecule has 100 valence electrons. The van der Waals surface area contributed by atoms with Gasteiger partial charge in [-0.2, -0.15) is 5.10 Å². The van der Waals surface area contributed by atoms with Crippen LogP contribution in [0, 0.1) is 5.92 Å². The average molecular weight is 324 g/mol. The maximum Gasteiger partial charge on any atom is 0.252 e. The first-order chi connectivity index (χ1) is 9.16. The lowest BCUT2D eigenvalue weighted by molar-refractivity contribution is -0.136. The van der Waals surface area contributed by atoms with Gasteiger partial charge in [0.2, 0.25) is 5.91 Å². The van der Waals surface area contributed by atoms with Crippen molar-refractivity contribution in [1.29, 1.82) is 0 Å². The molecule has 2 amide bonds. The monoisotopic (exact) mass is 323 g/mol. The second kappa shape index (κ2) is 6.47. The van der Waals surface area contributed by atoms with Crippen LogP contribution >= 0.6 is 15.9 Å². The molecule has 2 N–H and O–H groups in total. The van der Waals surface area contributed by atoms with E-state index in [-0.39, 0.29) is 11.8 Å². The molecule has 0 aromatic heterocycles. The fourth-order valence-electron chi connectivity index (χ4n) is 1.82. The highest BCUT2D eigenvalue weighted by atomic mass is 79.9. The van der Waals surface area contributed by atoms with Crippen molar-refractivity contribution in [2.45, 2.75) is 12.8 Å². The molecule has 1 atom stereocenters. The molecule has 0 saturated carbocycles. The Balaban J connectivity index is 1.89. The third kappa shape index (κ3) is 3.89. The van der Waals surface area contributed by atoms with Gasteiger partial charge in [-0.25, -0.2) is 5.43 Å². The first-order valence-corrected chi connectivity index (χ1v) is 6.82. The molecule has 0 radical (unpaired) electrons. The maximum absolute atomic E-state index is 11.8. The van der Waals surface area contributed by atoms with E-state index in [1.807, 2.05) is 24.3 Å². The zero-order valence-corrected chi connectivity index (χ0v) is 11.8. The molecule has 1 heterocycles. The number of carbonyl (C=O) groups is 2. The Morgan fingerprint density at radius 3 is 2.84 bits per heavy atom. The number of hydrogen-bond acceptors (Lipinski definition) is 3. The van der Waals surface area contributed by atoms with Crippen LogP contribution in [-0.2, 0) is 9.59 Å². The zero-order chi connectivity index (χ0) is 13.7. The predicted molar refractivity (Wildman–Crippen MR) is 75.6 cm³/mol. The Morgan fingerprint density at radius 2 is 2.16 bits per heavy atom. The van der Waals surface area contributed by atoms with Crippen molar-refractivity contribution in [2.24, 2.45) is 11.0 Å². The highest BCUT2D eigenvalue weighted by Gasteiger charge is 2.28. The second-order valence-electron chi connectivity index (χ2n) is 4.27. The summed E-state index contributed by atoms with van der Waals surface area (Å²) in [7, 11) is 0. The van der Waals surface area contributed by atoms with Gasteiger partial charge in [0.15, 0.2) is 0 Å². The van der Waals surface area contributed by atoms with Gasteiger partial charge in [-0.15, -0.1) is 0 Å². The third-order valence-corrected chi connectivity index (χ3v) is 3.39. The quantitative estimate of drug-likeness (QED) is 0.502. The molecule has 0 spiro atoms. The molecule has 1 aromatic carbocycles. The van der Waals surface area contributed by atoms with E-state index in [1.54, 1.807) is 6.21 Å². The molecule has 5 nitrogen and oxygen atoms in total. The SMILES string of the molecule is O=C1NCCC[C@@H]1C(=O)N/N=C\c1ccc(Br)cc1. The van der Waals surface area contributed by atoms with Crippen LogP contribution in [-0.4, -0.2) is 24.6 Å². The molecule has 2 rings (SSSR count). The zero-order valence-electron chi connectivity index (χ0n) is 10.2. The number of halogens is 1. The average Bonchev–Trinajstić information content (AvgIpc) is 2.41. The van der Waals surface area contributed by atoms with Crippen molar-refractivity contribution < 1.29 is 9.59 Å². The van der Waals surface area contributed by atoms with E-state index in [2.05, 4.69) is 31.8 Å². The molecule has 0 aliphatic carbocycles. The van der Waals surface area contributed by atoms with E-state index < -0.39 is 5.92 Å². The number of hydrogen-bond donors (Lipinski definition) is 2. The molecular formula is C13H14BrN3O2. The fourth-order valence-corrected chi connectivity index (χ4v) is 2.08. The van der Waals surface area contributed by atoms with Gasteiger partial charge in [0.25, 0.3) is 5.91 Å². The Bertz CT molecular complexity index is 499. The maximum atomic E-state index is 11.8. The highest BCUT2D eigenvalue weighted by molar-refractivity contribution is 9.10. The molecule has 1 aliphatic rings. The van der Waals surface area contributed by atoms with Gasteiger partial charge < -0.3 is 5.32 Å². The van der Waals surface area contributed by atoms with Gasteiger partial charge in [-0.1, -0.05) is 28.1 Å².